The van der Waals surface area contributed by atoms with Crippen LogP contribution in [0.25, 0.3) is 77.8 Å². The number of nitrogens with zero attached hydrogens (tertiary/aromatic N) is 2. The number of benzene rings is 8. The molecule has 8 aromatic carbocycles. The first kappa shape index (κ1) is 30.0. The van der Waals surface area contributed by atoms with Gasteiger partial charge in [0.15, 0.2) is 5.76 Å². The van der Waals surface area contributed by atoms with Crippen molar-refractivity contribution in [2.24, 2.45) is 0 Å². The molecule has 0 saturated carbocycles. The molecule has 2 aliphatic rings. The zero-order chi connectivity index (χ0) is 35.3. The van der Waals surface area contributed by atoms with Gasteiger partial charge >= 0.3 is 0 Å². The van der Waals surface area contributed by atoms with Crippen molar-refractivity contribution in [1.82, 2.24) is 4.98 Å². The molecule has 3 nitrogen and oxygen atoms in total. The second-order valence-corrected chi connectivity index (χ2v) is 14.8. The Bertz CT molecular complexity index is 2920. The van der Waals surface area contributed by atoms with Crippen molar-refractivity contribution >= 4 is 38.6 Å². The molecule has 0 saturated heterocycles. The van der Waals surface area contributed by atoms with Gasteiger partial charge in [-0.25, -0.2) is 4.98 Å². The molecule has 53 heavy (non-hydrogen) atoms. The van der Waals surface area contributed by atoms with Crippen LogP contribution in [-0.4, -0.2) is 4.98 Å². The molecule has 11 rings (SSSR count). The van der Waals surface area contributed by atoms with Crippen LogP contribution in [0.1, 0.15) is 25.0 Å². The van der Waals surface area contributed by atoms with Crippen molar-refractivity contribution < 1.29 is 4.42 Å². The second-order valence-electron chi connectivity index (χ2n) is 14.8. The lowest BCUT2D eigenvalue weighted by atomic mass is 9.82. The number of hydrogen-bond acceptors (Lipinski definition) is 3. The van der Waals surface area contributed by atoms with Crippen molar-refractivity contribution in [3.8, 4) is 56.3 Å². The molecule has 0 spiro atoms. The maximum absolute atomic E-state index is 6.49. The molecule has 0 amide bonds. The molecule has 9 aromatic rings. The predicted octanol–water partition coefficient (Wildman–Crippen LogP) is 13.7. The Balaban J connectivity index is 1.10. The molecule has 0 N–H and O–H groups in total. The molecule has 0 aliphatic heterocycles. The van der Waals surface area contributed by atoms with Crippen LogP contribution in [-0.2, 0) is 5.41 Å². The minimum absolute atomic E-state index is 0.112. The third-order valence-electron chi connectivity index (χ3n) is 11.4. The first-order valence-corrected chi connectivity index (χ1v) is 18.3. The standard InChI is InChI=1S/C50H34N2O/c1-50(2)44-22-10-9-19-38(44)39-26-25-37(30-45(39)50)52(35-18-11-17-33(27-35)31-13-5-3-6-14-31)36-24-23-34-28-43-46-40(42(34)29-36)20-12-21-41(46)48-47(43)51-49(53-48)32-15-7-4-8-16-32/h3-30H,1-2H3. The zero-order valence-electron chi connectivity index (χ0n) is 29.5. The van der Waals surface area contributed by atoms with Gasteiger partial charge < -0.3 is 9.32 Å². The largest absolute Gasteiger partial charge is 0.435 e. The molecule has 250 valence electrons. The van der Waals surface area contributed by atoms with Crippen molar-refractivity contribution in [1.29, 1.82) is 0 Å². The summed E-state index contributed by atoms with van der Waals surface area (Å²) in [5, 5.41) is 4.78. The Morgan fingerprint density at radius 1 is 0.472 bits per heavy atom. The minimum atomic E-state index is -0.112. The van der Waals surface area contributed by atoms with E-state index in [-0.39, 0.29) is 5.41 Å². The summed E-state index contributed by atoms with van der Waals surface area (Å²) in [7, 11) is 0. The van der Waals surface area contributed by atoms with Gasteiger partial charge in [-0.05, 0) is 104 Å². The SMILES string of the molecule is CC1(C)c2ccccc2-c2ccc(N(c3cccc(-c4ccccc4)c3)c3ccc4cc5c6c(cccc6c4c3)-c3oc(-c4ccccc4)nc3-5)cc21. The van der Waals surface area contributed by atoms with Crippen LogP contribution in [0.5, 0.6) is 0 Å². The lowest BCUT2D eigenvalue weighted by molar-refractivity contribution is 0.590. The van der Waals surface area contributed by atoms with Crippen LogP contribution in [0.4, 0.5) is 17.1 Å². The van der Waals surface area contributed by atoms with Gasteiger partial charge in [-0.2, -0.15) is 0 Å². The van der Waals surface area contributed by atoms with Crippen LogP contribution in [0.2, 0.25) is 0 Å². The molecule has 0 fully saturated rings. The average molecular weight is 679 g/mol. The van der Waals surface area contributed by atoms with Gasteiger partial charge in [0.25, 0.3) is 0 Å². The lowest BCUT2D eigenvalue weighted by Gasteiger charge is -2.29. The van der Waals surface area contributed by atoms with E-state index in [1.165, 1.54) is 54.9 Å². The molecule has 0 atom stereocenters. The molecular weight excluding hydrogens is 645 g/mol. The highest BCUT2D eigenvalue weighted by Crippen LogP contribution is 2.53. The van der Waals surface area contributed by atoms with Crippen LogP contribution >= 0.6 is 0 Å². The normalized spacial score (nSPS) is 13.2. The zero-order valence-corrected chi connectivity index (χ0v) is 29.5. The minimum Gasteiger partial charge on any atom is -0.435 e. The second kappa shape index (κ2) is 11.1. The van der Waals surface area contributed by atoms with Crippen molar-refractivity contribution in [3.63, 3.8) is 0 Å². The van der Waals surface area contributed by atoms with Gasteiger partial charge in [0, 0.05) is 44.6 Å². The predicted molar refractivity (Wildman–Crippen MR) is 219 cm³/mol. The summed E-state index contributed by atoms with van der Waals surface area (Å²) in [6.07, 6.45) is 0. The lowest BCUT2D eigenvalue weighted by Crippen LogP contribution is -2.16. The smallest absolute Gasteiger partial charge is 0.227 e. The fraction of sp³-hybridized carbons (Fsp3) is 0.0600. The van der Waals surface area contributed by atoms with E-state index in [4.69, 9.17) is 9.40 Å². The van der Waals surface area contributed by atoms with Crippen molar-refractivity contribution in [2.75, 3.05) is 4.90 Å². The highest BCUT2D eigenvalue weighted by molar-refractivity contribution is 6.22. The number of anilines is 3. The maximum Gasteiger partial charge on any atom is 0.227 e. The van der Waals surface area contributed by atoms with E-state index in [0.29, 0.717) is 5.89 Å². The van der Waals surface area contributed by atoms with Crippen LogP contribution in [0.3, 0.4) is 0 Å². The van der Waals surface area contributed by atoms with Gasteiger partial charge in [0.05, 0.1) is 0 Å². The Hall–Kier alpha value is -6.71. The van der Waals surface area contributed by atoms with Gasteiger partial charge in [0.1, 0.15) is 5.69 Å². The number of fused-ring (bicyclic) bond motifs is 8. The Morgan fingerprint density at radius 3 is 1.98 bits per heavy atom. The van der Waals surface area contributed by atoms with Gasteiger partial charge in [0.2, 0.25) is 5.89 Å². The molecule has 1 aromatic heterocycles. The van der Waals surface area contributed by atoms with Crippen molar-refractivity contribution in [3.05, 3.63) is 181 Å². The highest BCUT2D eigenvalue weighted by Gasteiger charge is 2.36. The number of aromatic nitrogens is 1. The molecular formula is C50H34N2O. The van der Waals surface area contributed by atoms with E-state index in [0.717, 1.165) is 45.2 Å². The summed E-state index contributed by atoms with van der Waals surface area (Å²) in [6, 6.07) is 61.3. The van der Waals surface area contributed by atoms with E-state index in [9.17, 15) is 0 Å². The molecule has 3 heteroatoms. The van der Waals surface area contributed by atoms with Crippen LogP contribution in [0.15, 0.2) is 174 Å². The third kappa shape index (κ3) is 4.44. The fourth-order valence-electron chi connectivity index (χ4n) is 8.84. The topological polar surface area (TPSA) is 29.3 Å². The molecule has 0 radical (unpaired) electrons. The summed E-state index contributed by atoms with van der Waals surface area (Å²) < 4.78 is 6.49. The van der Waals surface area contributed by atoms with Crippen LogP contribution < -0.4 is 4.90 Å². The highest BCUT2D eigenvalue weighted by atomic mass is 16.4. The summed E-state index contributed by atoms with van der Waals surface area (Å²) >= 11 is 0. The average Bonchev–Trinajstić information content (AvgIpc) is 3.85. The van der Waals surface area contributed by atoms with E-state index < -0.39 is 0 Å². The van der Waals surface area contributed by atoms with E-state index >= 15 is 0 Å². The van der Waals surface area contributed by atoms with E-state index in [2.05, 4.69) is 158 Å². The van der Waals surface area contributed by atoms with Gasteiger partial charge in [-0.3, -0.25) is 0 Å². The van der Waals surface area contributed by atoms with E-state index in [1.807, 2.05) is 30.3 Å². The monoisotopic (exact) mass is 678 g/mol. The molecule has 2 aliphatic carbocycles. The molecule has 0 bridgehead atoms. The Kier molecular flexibility index (Phi) is 6.30. The van der Waals surface area contributed by atoms with Crippen molar-refractivity contribution in [2.45, 2.75) is 19.3 Å². The number of rotatable bonds is 5. The Labute approximate surface area is 308 Å². The summed E-state index contributed by atoms with van der Waals surface area (Å²) in [6.45, 7) is 4.70. The summed E-state index contributed by atoms with van der Waals surface area (Å²) in [5.41, 5.74) is 15.1. The number of oxazole rings is 1. The summed E-state index contributed by atoms with van der Waals surface area (Å²) in [5.74, 6) is 1.50. The first-order chi connectivity index (χ1) is 26.0. The van der Waals surface area contributed by atoms with Gasteiger partial charge in [-0.15, -0.1) is 0 Å². The number of hydrogen-bond donors (Lipinski definition) is 0. The van der Waals surface area contributed by atoms with E-state index in [1.54, 1.807) is 0 Å². The van der Waals surface area contributed by atoms with Gasteiger partial charge in [-0.1, -0.05) is 129 Å². The maximum atomic E-state index is 6.49. The quantitative estimate of drug-likeness (QED) is 0.170. The molecule has 1 heterocycles. The molecule has 0 unspecified atom stereocenters. The third-order valence-corrected chi connectivity index (χ3v) is 11.4. The first-order valence-electron chi connectivity index (χ1n) is 18.3. The summed E-state index contributed by atoms with van der Waals surface area (Å²) in [4.78, 5) is 7.47. The Morgan fingerprint density at radius 2 is 1.13 bits per heavy atom. The fourth-order valence-corrected chi connectivity index (χ4v) is 8.84. The van der Waals surface area contributed by atoms with Crippen LogP contribution in [0, 0.1) is 0 Å².